The molecule has 1 atom stereocenters. The first kappa shape index (κ1) is 17.4. The monoisotopic (exact) mass is 330 g/mol. The van der Waals surface area contributed by atoms with Crippen molar-refractivity contribution in [3.8, 4) is 0 Å². The molecule has 24 heavy (non-hydrogen) atoms. The molecule has 1 aromatic rings. The Morgan fingerprint density at radius 3 is 2.83 bits per heavy atom. The Morgan fingerprint density at radius 1 is 1.33 bits per heavy atom. The van der Waals surface area contributed by atoms with Crippen LogP contribution in [0.1, 0.15) is 61.8 Å². The molecule has 4 heteroatoms. The van der Waals surface area contributed by atoms with Crippen LogP contribution in [0.15, 0.2) is 18.2 Å². The molecule has 0 radical (unpaired) electrons. The standard InChI is InChI=1S/C20H30N2O2/c1-15-7-6-8-17-9-12-22(16(2)19(15)17)18(23)13-21-14-20(24)10-4-3-5-11-20/h6-8,16,21,24H,3-5,9-14H2,1-2H3. The third-order valence-electron chi connectivity index (χ3n) is 5.76. The number of amides is 1. The number of hydrogen-bond acceptors (Lipinski definition) is 3. The molecular weight excluding hydrogens is 300 g/mol. The molecule has 2 aliphatic rings. The number of aliphatic hydroxyl groups is 1. The smallest absolute Gasteiger partial charge is 0.237 e. The van der Waals surface area contributed by atoms with Crippen LogP contribution in [0.2, 0.25) is 0 Å². The van der Waals surface area contributed by atoms with Crippen molar-refractivity contribution in [3.05, 3.63) is 34.9 Å². The van der Waals surface area contributed by atoms with Gasteiger partial charge in [-0.3, -0.25) is 4.79 Å². The van der Waals surface area contributed by atoms with Crippen LogP contribution in [0.25, 0.3) is 0 Å². The molecule has 4 nitrogen and oxygen atoms in total. The van der Waals surface area contributed by atoms with Gasteiger partial charge in [0, 0.05) is 13.1 Å². The number of carbonyl (C=O) groups excluding carboxylic acids is 1. The molecule has 1 fully saturated rings. The lowest BCUT2D eigenvalue weighted by Crippen LogP contribution is -2.47. The van der Waals surface area contributed by atoms with Gasteiger partial charge in [-0.05, 0) is 49.8 Å². The molecule has 1 unspecified atom stereocenters. The highest BCUT2D eigenvalue weighted by molar-refractivity contribution is 5.79. The molecule has 0 bridgehead atoms. The van der Waals surface area contributed by atoms with Crippen molar-refractivity contribution in [3.63, 3.8) is 0 Å². The Morgan fingerprint density at radius 2 is 2.08 bits per heavy atom. The average molecular weight is 330 g/mol. The van der Waals surface area contributed by atoms with Gasteiger partial charge in [0.1, 0.15) is 0 Å². The van der Waals surface area contributed by atoms with E-state index in [1.54, 1.807) is 0 Å². The third kappa shape index (κ3) is 3.65. The van der Waals surface area contributed by atoms with E-state index < -0.39 is 5.60 Å². The molecule has 0 aromatic heterocycles. The summed E-state index contributed by atoms with van der Waals surface area (Å²) in [5.74, 6) is 0.135. The van der Waals surface area contributed by atoms with Gasteiger partial charge in [-0.2, -0.15) is 0 Å². The number of rotatable bonds is 4. The largest absolute Gasteiger partial charge is 0.389 e. The Balaban J connectivity index is 1.57. The number of aryl methyl sites for hydroxylation is 1. The maximum Gasteiger partial charge on any atom is 0.237 e. The summed E-state index contributed by atoms with van der Waals surface area (Å²) >= 11 is 0. The maximum atomic E-state index is 12.7. The molecule has 1 aliphatic heterocycles. The van der Waals surface area contributed by atoms with Gasteiger partial charge in [0.15, 0.2) is 0 Å². The van der Waals surface area contributed by atoms with Gasteiger partial charge < -0.3 is 15.3 Å². The number of carbonyl (C=O) groups is 1. The number of nitrogens with zero attached hydrogens (tertiary/aromatic N) is 1. The van der Waals surface area contributed by atoms with Gasteiger partial charge in [-0.1, -0.05) is 37.5 Å². The molecule has 1 heterocycles. The SMILES string of the molecule is Cc1cccc2c1C(C)N(C(=O)CNCC1(O)CCCCC1)CC2. The van der Waals surface area contributed by atoms with Crippen LogP contribution >= 0.6 is 0 Å². The Kier molecular flexibility index (Phi) is 5.26. The van der Waals surface area contributed by atoms with E-state index in [0.717, 1.165) is 38.6 Å². The highest BCUT2D eigenvalue weighted by Crippen LogP contribution is 2.32. The summed E-state index contributed by atoms with van der Waals surface area (Å²) in [7, 11) is 0. The predicted molar refractivity (Wildman–Crippen MR) is 95.9 cm³/mol. The van der Waals surface area contributed by atoms with Gasteiger partial charge >= 0.3 is 0 Å². The molecule has 1 aliphatic carbocycles. The molecule has 1 amide bonds. The van der Waals surface area contributed by atoms with E-state index in [0.29, 0.717) is 13.1 Å². The van der Waals surface area contributed by atoms with Crippen LogP contribution in [0.4, 0.5) is 0 Å². The second-order valence-corrected chi connectivity index (χ2v) is 7.55. The zero-order valence-corrected chi connectivity index (χ0v) is 15.0. The number of fused-ring (bicyclic) bond motifs is 1. The normalized spacial score (nSPS) is 23.0. The summed E-state index contributed by atoms with van der Waals surface area (Å²) in [4.78, 5) is 14.6. The zero-order valence-electron chi connectivity index (χ0n) is 15.0. The topological polar surface area (TPSA) is 52.6 Å². The number of nitrogens with one attached hydrogen (secondary N) is 1. The highest BCUT2D eigenvalue weighted by atomic mass is 16.3. The van der Waals surface area contributed by atoms with Crippen molar-refractivity contribution in [2.75, 3.05) is 19.6 Å². The fourth-order valence-corrected chi connectivity index (χ4v) is 4.38. The van der Waals surface area contributed by atoms with Crippen LogP contribution in [0.3, 0.4) is 0 Å². The first-order valence-corrected chi connectivity index (χ1v) is 9.31. The van der Waals surface area contributed by atoms with Crippen molar-refractivity contribution in [2.45, 2.75) is 64.0 Å². The van der Waals surface area contributed by atoms with Crippen LogP contribution in [-0.2, 0) is 11.2 Å². The van der Waals surface area contributed by atoms with E-state index in [1.807, 2.05) is 4.90 Å². The Bertz CT molecular complexity index is 593. The summed E-state index contributed by atoms with van der Waals surface area (Å²) in [6.07, 6.45) is 6.01. The second-order valence-electron chi connectivity index (χ2n) is 7.55. The zero-order chi connectivity index (χ0) is 17.2. The van der Waals surface area contributed by atoms with Crippen molar-refractivity contribution in [2.24, 2.45) is 0 Å². The highest BCUT2D eigenvalue weighted by Gasteiger charge is 2.31. The van der Waals surface area contributed by atoms with Crippen LogP contribution < -0.4 is 5.32 Å². The number of benzene rings is 1. The number of hydrogen-bond donors (Lipinski definition) is 2. The molecule has 1 aromatic carbocycles. The minimum Gasteiger partial charge on any atom is -0.389 e. The summed E-state index contributed by atoms with van der Waals surface area (Å²) in [5, 5.41) is 13.7. The third-order valence-corrected chi connectivity index (χ3v) is 5.76. The molecule has 0 saturated heterocycles. The summed E-state index contributed by atoms with van der Waals surface area (Å²) < 4.78 is 0. The van der Waals surface area contributed by atoms with Gasteiger partial charge in [-0.25, -0.2) is 0 Å². The van der Waals surface area contributed by atoms with Crippen molar-refractivity contribution >= 4 is 5.91 Å². The van der Waals surface area contributed by atoms with E-state index >= 15 is 0 Å². The fourth-order valence-electron chi connectivity index (χ4n) is 4.38. The first-order valence-electron chi connectivity index (χ1n) is 9.31. The quantitative estimate of drug-likeness (QED) is 0.892. The molecule has 0 spiro atoms. The summed E-state index contributed by atoms with van der Waals surface area (Å²) in [6.45, 7) is 5.87. The van der Waals surface area contributed by atoms with E-state index in [4.69, 9.17) is 0 Å². The molecule has 3 rings (SSSR count). The van der Waals surface area contributed by atoms with Crippen molar-refractivity contribution in [1.82, 2.24) is 10.2 Å². The minimum absolute atomic E-state index is 0.127. The lowest BCUT2D eigenvalue weighted by molar-refractivity contribution is -0.133. The summed E-state index contributed by atoms with van der Waals surface area (Å²) in [5.41, 5.74) is 3.33. The second kappa shape index (κ2) is 7.24. The molecule has 1 saturated carbocycles. The van der Waals surface area contributed by atoms with Crippen LogP contribution in [-0.4, -0.2) is 41.1 Å². The Labute approximate surface area is 145 Å². The fraction of sp³-hybridized carbons (Fsp3) is 0.650. The average Bonchev–Trinajstić information content (AvgIpc) is 2.55. The van der Waals surface area contributed by atoms with Crippen LogP contribution in [0.5, 0.6) is 0 Å². The molecular formula is C20H30N2O2. The summed E-state index contributed by atoms with van der Waals surface area (Å²) in [6, 6.07) is 6.53. The van der Waals surface area contributed by atoms with Gasteiger partial charge in [0.25, 0.3) is 0 Å². The minimum atomic E-state index is -0.616. The van der Waals surface area contributed by atoms with E-state index in [2.05, 4.69) is 37.4 Å². The molecule has 2 N–H and O–H groups in total. The van der Waals surface area contributed by atoms with E-state index in [1.165, 1.54) is 23.1 Å². The van der Waals surface area contributed by atoms with Gasteiger partial charge in [-0.15, -0.1) is 0 Å². The lowest BCUT2D eigenvalue weighted by Gasteiger charge is -2.37. The lowest BCUT2D eigenvalue weighted by atomic mass is 9.85. The van der Waals surface area contributed by atoms with E-state index in [9.17, 15) is 9.90 Å². The van der Waals surface area contributed by atoms with Crippen molar-refractivity contribution in [1.29, 1.82) is 0 Å². The maximum absolute atomic E-state index is 12.7. The predicted octanol–water partition coefficient (Wildman–Crippen LogP) is 2.73. The van der Waals surface area contributed by atoms with Gasteiger partial charge in [0.05, 0.1) is 18.2 Å². The van der Waals surface area contributed by atoms with Gasteiger partial charge in [0.2, 0.25) is 5.91 Å². The Hall–Kier alpha value is -1.39. The van der Waals surface area contributed by atoms with E-state index in [-0.39, 0.29) is 11.9 Å². The van der Waals surface area contributed by atoms with Crippen LogP contribution in [0, 0.1) is 6.92 Å². The first-order chi connectivity index (χ1) is 11.5. The van der Waals surface area contributed by atoms with Crippen molar-refractivity contribution < 1.29 is 9.90 Å². The molecule has 132 valence electrons.